The lowest BCUT2D eigenvalue weighted by molar-refractivity contribution is -0.151. The predicted octanol–water partition coefficient (Wildman–Crippen LogP) is 0.674. The molecule has 1 saturated carbocycles. The summed E-state index contributed by atoms with van der Waals surface area (Å²) < 4.78 is 4.66. The molecule has 0 aromatic rings. The van der Waals surface area contributed by atoms with Crippen molar-refractivity contribution in [3.05, 3.63) is 0 Å². The molecule has 0 saturated heterocycles. The summed E-state index contributed by atoms with van der Waals surface area (Å²) in [4.78, 5) is 11.5. The van der Waals surface area contributed by atoms with Gasteiger partial charge in [0.05, 0.1) is 13.2 Å². The van der Waals surface area contributed by atoms with Crippen LogP contribution in [0.2, 0.25) is 0 Å². The molecule has 3 N–H and O–H groups in total. The van der Waals surface area contributed by atoms with E-state index in [0.29, 0.717) is 18.8 Å². The normalized spacial score (nSPS) is 36.7. The highest BCUT2D eigenvalue weighted by Crippen LogP contribution is 2.35. The first kappa shape index (κ1) is 12.5. The lowest BCUT2D eigenvalue weighted by Crippen LogP contribution is -2.55. The molecule has 1 aliphatic rings. The highest BCUT2D eigenvalue weighted by Gasteiger charge is 2.44. The lowest BCUT2D eigenvalue weighted by atomic mass is 9.71. The third-order valence-corrected chi connectivity index (χ3v) is 3.44. The van der Waals surface area contributed by atoms with Gasteiger partial charge in [-0.2, -0.15) is 0 Å². The maximum absolute atomic E-state index is 11.5. The van der Waals surface area contributed by atoms with Crippen molar-refractivity contribution in [3.8, 4) is 0 Å². The van der Waals surface area contributed by atoms with Crippen LogP contribution in [0.3, 0.4) is 0 Å². The van der Waals surface area contributed by atoms with Crippen LogP contribution < -0.4 is 5.73 Å². The van der Waals surface area contributed by atoms with E-state index in [1.807, 2.05) is 0 Å². The number of carbonyl (C=O) groups is 1. The van der Waals surface area contributed by atoms with Crippen molar-refractivity contribution in [3.63, 3.8) is 0 Å². The number of methoxy groups -OCH3 is 1. The maximum Gasteiger partial charge on any atom is 0.325 e. The zero-order valence-corrected chi connectivity index (χ0v) is 9.69. The van der Waals surface area contributed by atoms with Gasteiger partial charge in [-0.3, -0.25) is 4.79 Å². The van der Waals surface area contributed by atoms with Crippen LogP contribution in [-0.4, -0.2) is 29.8 Å². The largest absolute Gasteiger partial charge is 0.468 e. The van der Waals surface area contributed by atoms with E-state index in [2.05, 4.69) is 18.6 Å². The van der Waals surface area contributed by atoms with Crippen LogP contribution in [-0.2, 0) is 9.53 Å². The van der Waals surface area contributed by atoms with Crippen molar-refractivity contribution < 1.29 is 14.6 Å². The van der Waals surface area contributed by atoms with Crippen molar-refractivity contribution in [1.29, 1.82) is 0 Å². The summed E-state index contributed by atoms with van der Waals surface area (Å²) in [6, 6.07) is 0. The monoisotopic (exact) mass is 215 g/mol. The first-order chi connectivity index (χ1) is 6.90. The molecule has 0 aromatic carbocycles. The van der Waals surface area contributed by atoms with Gasteiger partial charge in [0, 0.05) is 6.42 Å². The van der Waals surface area contributed by atoms with Crippen molar-refractivity contribution >= 4 is 5.97 Å². The van der Waals surface area contributed by atoms with Crippen LogP contribution in [0.15, 0.2) is 0 Å². The van der Waals surface area contributed by atoms with Crippen LogP contribution >= 0.6 is 0 Å². The van der Waals surface area contributed by atoms with E-state index in [-0.39, 0.29) is 5.92 Å². The topological polar surface area (TPSA) is 72.5 Å². The quantitative estimate of drug-likeness (QED) is 0.664. The molecule has 0 bridgehead atoms. The van der Waals surface area contributed by atoms with Gasteiger partial charge in [-0.25, -0.2) is 0 Å². The Kier molecular flexibility index (Phi) is 3.73. The Morgan fingerprint density at radius 1 is 1.60 bits per heavy atom. The minimum atomic E-state index is -0.987. The molecule has 4 heteroatoms. The maximum atomic E-state index is 11.5. The van der Waals surface area contributed by atoms with Crippen LogP contribution in [0.1, 0.15) is 33.1 Å². The minimum absolute atomic E-state index is 0.242. The molecule has 15 heavy (non-hydrogen) atoms. The fourth-order valence-electron chi connectivity index (χ4n) is 2.41. The Balaban J connectivity index is 2.68. The average molecular weight is 215 g/mol. The second kappa shape index (κ2) is 4.49. The van der Waals surface area contributed by atoms with Gasteiger partial charge in [-0.15, -0.1) is 0 Å². The van der Waals surface area contributed by atoms with Crippen molar-refractivity contribution in [2.75, 3.05) is 7.11 Å². The zero-order valence-electron chi connectivity index (χ0n) is 9.69. The predicted molar refractivity (Wildman–Crippen MR) is 57.1 cm³/mol. The van der Waals surface area contributed by atoms with Crippen molar-refractivity contribution in [1.82, 2.24) is 0 Å². The van der Waals surface area contributed by atoms with E-state index in [4.69, 9.17) is 5.73 Å². The van der Waals surface area contributed by atoms with Crippen molar-refractivity contribution in [2.24, 2.45) is 17.6 Å². The molecule has 0 radical (unpaired) electrons. The number of ether oxygens (including phenoxy) is 1. The SMILES string of the molecule is COC(=O)C1(N)CCC(C(C)C)C(O)C1. The lowest BCUT2D eigenvalue weighted by Gasteiger charge is -2.39. The summed E-state index contributed by atoms with van der Waals surface area (Å²) >= 11 is 0. The molecule has 0 aliphatic heterocycles. The zero-order chi connectivity index (χ0) is 11.6. The number of hydrogen-bond acceptors (Lipinski definition) is 4. The molecule has 3 unspecified atom stereocenters. The first-order valence-electron chi connectivity index (χ1n) is 5.46. The van der Waals surface area contributed by atoms with E-state index in [1.54, 1.807) is 0 Å². The van der Waals surface area contributed by atoms with Crippen molar-refractivity contribution in [2.45, 2.75) is 44.8 Å². The summed E-state index contributed by atoms with van der Waals surface area (Å²) in [7, 11) is 1.33. The molecule has 3 atom stereocenters. The highest BCUT2D eigenvalue weighted by molar-refractivity contribution is 5.80. The van der Waals surface area contributed by atoms with Crippen LogP contribution in [0.4, 0.5) is 0 Å². The third-order valence-electron chi connectivity index (χ3n) is 3.44. The molecule has 0 amide bonds. The molecule has 0 aromatic heterocycles. The van der Waals surface area contributed by atoms with E-state index in [9.17, 15) is 9.90 Å². The molecular weight excluding hydrogens is 194 g/mol. The second-order valence-corrected chi connectivity index (χ2v) is 4.87. The molecule has 88 valence electrons. The molecule has 1 rings (SSSR count). The standard InChI is InChI=1S/C11H21NO3/c1-7(2)8-4-5-11(12,6-9(8)13)10(14)15-3/h7-9,13H,4-6,12H2,1-3H3. The molecule has 1 fully saturated rings. The average Bonchev–Trinajstić information content (AvgIpc) is 2.15. The van der Waals surface area contributed by atoms with Gasteiger partial charge in [0.15, 0.2) is 0 Å². The molecular formula is C11H21NO3. The Bertz CT molecular complexity index is 242. The molecule has 4 nitrogen and oxygen atoms in total. The number of aliphatic hydroxyl groups is 1. The molecule has 1 aliphatic carbocycles. The number of rotatable bonds is 2. The number of aliphatic hydroxyl groups excluding tert-OH is 1. The fraction of sp³-hybridized carbons (Fsp3) is 0.909. The van der Waals surface area contributed by atoms with Crippen LogP contribution in [0.25, 0.3) is 0 Å². The van der Waals surface area contributed by atoms with Gasteiger partial charge in [0.25, 0.3) is 0 Å². The smallest absolute Gasteiger partial charge is 0.325 e. The summed E-state index contributed by atoms with van der Waals surface area (Å²) in [6.07, 6.45) is 1.19. The van der Waals surface area contributed by atoms with Crippen LogP contribution in [0.5, 0.6) is 0 Å². The van der Waals surface area contributed by atoms with Gasteiger partial charge < -0.3 is 15.6 Å². The first-order valence-corrected chi connectivity index (χ1v) is 5.46. The van der Waals surface area contributed by atoms with E-state index in [0.717, 1.165) is 6.42 Å². The Morgan fingerprint density at radius 2 is 2.20 bits per heavy atom. The molecule has 0 spiro atoms. The minimum Gasteiger partial charge on any atom is -0.468 e. The van der Waals surface area contributed by atoms with Gasteiger partial charge in [-0.1, -0.05) is 13.8 Å². The number of carbonyl (C=O) groups excluding carboxylic acids is 1. The number of hydrogen-bond donors (Lipinski definition) is 2. The summed E-state index contributed by atoms with van der Waals surface area (Å²) in [5, 5.41) is 9.93. The molecule has 0 heterocycles. The van der Waals surface area contributed by atoms with E-state index < -0.39 is 17.6 Å². The van der Waals surface area contributed by atoms with E-state index >= 15 is 0 Å². The highest BCUT2D eigenvalue weighted by atomic mass is 16.5. The Morgan fingerprint density at radius 3 is 2.60 bits per heavy atom. The summed E-state index contributed by atoms with van der Waals surface area (Å²) in [5.41, 5.74) is 4.94. The Hall–Kier alpha value is -0.610. The van der Waals surface area contributed by atoms with Gasteiger partial charge in [0.2, 0.25) is 0 Å². The van der Waals surface area contributed by atoms with Gasteiger partial charge in [0.1, 0.15) is 5.54 Å². The fourth-order valence-corrected chi connectivity index (χ4v) is 2.41. The van der Waals surface area contributed by atoms with Gasteiger partial charge >= 0.3 is 5.97 Å². The number of nitrogens with two attached hydrogens (primary N) is 1. The number of esters is 1. The van der Waals surface area contributed by atoms with Gasteiger partial charge in [-0.05, 0) is 24.7 Å². The van der Waals surface area contributed by atoms with E-state index in [1.165, 1.54) is 7.11 Å². The Labute approximate surface area is 90.8 Å². The third kappa shape index (κ3) is 2.49. The second-order valence-electron chi connectivity index (χ2n) is 4.87. The summed E-state index contributed by atoms with van der Waals surface area (Å²) in [5.74, 6) is 0.247. The van der Waals surface area contributed by atoms with Crippen LogP contribution in [0, 0.1) is 11.8 Å². The summed E-state index contributed by atoms with van der Waals surface area (Å²) in [6.45, 7) is 4.16.